The largest absolute Gasteiger partial charge is 0.324 e. The molecule has 0 radical (unpaired) electrons. The summed E-state index contributed by atoms with van der Waals surface area (Å²) in [5.74, 6) is 0.0981. The first-order chi connectivity index (χ1) is 13.6. The van der Waals surface area contributed by atoms with E-state index in [1.54, 1.807) is 6.20 Å². The van der Waals surface area contributed by atoms with Crippen LogP contribution in [0.3, 0.4) is 0 Å². The minimum absolute atomic E-state index is 0.0981. The third kappa shape index (κ3) is 3.90. The molecule has 28 heavy (non-hydrogen) atoms. The van der Waals surface area contributed by atoms with E-state index in [2.05, 4.69) is 16.4 Å². The van der Waals surface area contributed by atoms with Gasteiger partial charge in [-0.1, -0.05) is 61.2 Å². The molecule has 1 amide bonds. The standard InChI is InChI=1S/C24H25ClN2O/c1-17-9-10-18(13-21(17)25)15-24(11-5-2-6-12-24)23(28)27-20-14-19-7-3-4-8-22(19)26-16-20/h3-4,7-10,13-14,16H,2,5-6,11-12,15H2,1H3,(H,27,28). The fraction of sp³-hybridized carbons (Fsp3) is 0.333. The Bertz CT molecular complexity index is 1010. The van der Waals surface area contributed by atoms with Crippen molar-refractivity contribution in [1.29, 1.82) is 0 Å². The number of hydrogen-bond acceptors (Lipinski definition) is 2. The number of rotatable bonds is 4. The predicted molar refractivity (Wildman–Crippen MR) is 116 cm³/mol. The molecular weight excluding hydrogens is 368 g/mol. The van der Waals surface area contributed by atoms with Crippen molar-refractivity contribution in [3.8, 4) is 0 Å². The van der Waals surface area contributed by atoms with Crippen molar-refractivity contribution in [2.45, 2.75) is 45.4 Å². The highest BCUT2D eigenvalue weighted by atomic mass is 35.5. The molecule has 0 saturated heterocycles. The van der Waals surface area contributed by atoms with Gasteiger partial charge in [-0.2, -0.15) is 0 Å². The lowest BCUT2D eigenvalue weighted by Gasteiger charge is -2.36. The highest BCUT2D eigenvalue weighted by Gasteiger charge is 2.39. The van der Waals surface area contributed by atoms with Gasteiger partial charge in [-0.25, -0.2) is 0 Å². The lowest BCUT2D eigenvalue weighted by Crippen LogP contribution is -2.40. The highest BCUT2D eigenvalue weighted by Crippen LogP contribution is 2.41. The molecule has 0 spiro atoms. The molecule has 1 fully saturated rings. The maximum absolute atomic E-state index is 13.4. The van der Waals surface area contributed by atoms with Gasteiger partial charge in [0.05, 0.1) is 22.8 Å². The molecule has 0 aliphatic heterocycles. The zero-order chi connectivity index (χ0) is 19.6. The molecule has 0 atom stereocenters. The van der Waals surface area contributed by atoms with Gasteiger partial charge in [-0.3, -0.25) is 9.78 Å². The smallest absolute Gasteiger partial charge is 0.230 e. The normalized spacial score (nSPS) is 16.1. The van der Waals surface area contributed by atoms with Crippen LogP contribution in [0, 0.1) is 12.3 Å². The van der Waals surface area contributed by atoms with Gasteiger partial charge in [-0.15, -0.1) is 0 Å². The molecule has 0 bridgehead atoms. The Labute approximate surface area is 171 Å². The quantitative estimate of drug-likeness (QED) is 0.563. The van der Waals surface area contributed by atoms with Crippen LogP contribution in [-0.4, -0.2) is 10.9 Å². The molecule has 4 rings (SSSR count). The molecule has 1 N–H and O–H groups in total. The van der Waals surface area contributed by atoms with Crippen LogP contribution >= 0.6 is 11.6 Å². The highest BCUT2D eigenvalue weighted by molar-refractivity contribution is 6.31. The summed E-state index contributed by atoms with van der Waals surface area (Å²) in [5.41, 5.74) is 3.50. The number of hydrogen-bond donors (Lipinski definition) is 1. The lowest BCUT2D eigenvalue weighted by molar-refractivity contribution is -0.127. The zero-order valence-electron chi connectivity index (χ0n) is 16.2. The molecule has 4 heteroatoms. The maximum atomic E-state index is 13.4. The first-order valence-electron chi connectivity index (χ1n) is 9.97. The molecule has 1 aliphatic carbocycles. The van der Waals surface area contributed by atoms with Crippen molar-refractivity contribution in [1.82, 2.24) is 4.98 Å². The number of nitrogens with zero attached hydrogens (tertiary/aromatic N) is 1. The van der Waals surface area contributed by atoms with Gasteiger partial charge in [-0.05, 0) is 55.5 Å². The number of fused-ring (bicyclic) bond motifs is 1. The number of para-hydroxylation sites is 1. The van der Waals surface area contributed by atoms with E-state index in [-0.39, 0.29) is 11.3 Å². The number of halogens is 1. The van der Waals surface area contributed by atoms with Crippen LogP contribution in [0.1, 0.15) is 43.2 Å². The Hall–Kier alpha value is -2.39. The van der Waals surface area contributed by atoms with E-state index < -0.39 is 0 Å². The first-order valence-corrected chi connectivity index (χ1v) is 10.3. The van der Waals surface area contributed by atoms with E-state index in [4.69, 9.17) is 11.6 Å². The molecule has 0 unspecified atom stereocenters. The SMILES string of the molecule is Cc1ccc(CC2(C(=O)Nc3cnc4ccccc4c3)CCCCC2)cc1Cl. The van der Waals surface area contributed by atoms with Crippen molar-refractivity contribution >= 4 is 34.1 Å². The first kappa shape index (κ1) is 18.9. The van der Waals surface area contributed by atoms with E-state index in [0.717, 1.165) is 64.8 Å². The topological polar surface area (TPSA) is 42.0 Å². The summed E-state index contributed by atoms with van der Waals surface area (Å²) in [4.78, 5) is 17.9. The van der Waals surface area contributed by atoms with E-state index in [0.29, 0.717) is 0 Å². The Morgan fingerprint density at radius 2 is 1.89 bits per heavy atom. The van der Waals surface area contributed by atoms with Crippen LogP contribution in [0.4, 0.5) is 5.69 Å². The summed E-state index contributed by atoms with van der Waals surface area (Å²) in [6.45, 7) is 2.00. The Morgan fingerprint density at radius 1 is 1.11 bits per heavy atom. The van der Waals surface area contributed by atoms with Crippen molar-refractivity contribution in [2.24, 2.45) is 5.41 Å². The lowest BCUT2D eigenvalue weighted by atomic mass is 9.69. The van der Waals surface area contributed by atoms with Gasteiger partial charge >= 0.3 is 0 Å². The van der Waals surface area contributed by atoms with Crippen LogP contribution in [0.5, 0.6) is 0 Å². The summed E-state index contributed by atoms with van der Waals surface area (Å²) in [5, 5.41) is 4.95. The second-order valence-corrected chi connectivity index (χ2v) is 8.38. The van der Waals surface area contributed by atoms with Crippen molar-refractivity contribution in [3.63, 3.8) is 0 Å². The summed E-state index contributed by atoms with van der Waals surface area (Å²) in [6, 6.07) is 16.1. The number of anilines is 1. The van der Waals surface area contributed by atoms with Crippen LogP contribution in [0.25, 0.3) is 10.9 Å². The van der Waals surface area contributed by atoms with E-state index in [1.165, 1.54) is 6.42 Å². The van der Waals surface area contributed by atoms with Crippen LogP contribution in [0.15, 0.2) is 54.7 Å². The molecule has 1 saturated carbocycles. The number of nitrogens with one attached hydrogen (secondary N) is 1. The summed E-state index contributed by atoms with van der Waals surface area (Å²) >= 11 is 6.33. The van der Waals surface area contributed by atoms with Gasteiger partial charge in [0.15, 0.2) is 0 Å². The minimum atomic E-state index is -0.386. The average molecular weight is 393 g/mol. The number of carbonyl (C=O) groups excluding carboxylic acids is 1. The molecule has 1 aromatic heterocycles. The maximum Gasteiger partial charge on any atom is 0.230 e. The van der Waals surface area contributed by atoms with Gasteiger partial charge in [0.1, 0.15) is 0 Å². The fourth-order valence-corrected chi connectivity index (χ4v) is 4.46. The summed E-state index contributed by atoms with van der Waals surface area (Å²) < 4.78 is 0. The van der Waals surface area contributed by atoms with Gasteiger partial charge in [0.25, 0.3) is 0 Å². The van der Waals surface area contributed by atoms with E-state index in [9.17, 15) is 4.79 Å². The molecule has 3 nitrogen and oxygen atoms in total. The third-order valence-corrected chi connectivity index (χ3v) is 6.33. The van der Waals surface area contributed by atoms with E-state index >= 15 is 0 Å². The fourth-order valence-electron chi connectivity index (χ4n) is 4.25. The second-order valence-electron chi connectivity index (χ2n) is 7.97. The molecule has 2 aromatic carbocycles. The molecule has 1 aliphatic rings. The van der Waals surface area contributed by atoms with Crippen molar-refractivity contribution in [3.05, 3.63) is 70.9 Å². The average Bonchev–Trinajstić information content (AvgIpc) is 2.71. The molecule has 1 heterocycles. The van der Waals surface area contributed by atoms with Crippen LogP contribution in [-0.2, 0) is 11.2 Å². The second kappa shape index (κ2) is 7.92. The Morgan fingerprint density at radius 3 is 2.68 bits per heavy atom. The van der Waals surface area contributed by atoms with Gasteiger partial charge < -0.3 is 5.32 Å². The Kier molecular flexibility index (Phi) is 5.36. The van der Waals surface area contributed by atoms with Crippen LogP contribution in [0.2, 0.25) is 5.02 Å². The van der Waals surface area contributed by atoms with Crippen LogP contribution < -0.4 is 5.32 Å². The number of pyridine rings is 1. The third-order valence-electron chi connectivity index (χ3n) is 5.92. The summed E-state index contributed by atoms with van der Waals surface area (Å²) in [7, 11) is 0. The number of aryl methyl sites for hydroxylation is 1. The number of aromatic nitrogens is 1. The monoisotopic (exact) mass is 392 g/mol. The Balaban J connectivity index is 1.60. The number of benzene rings is 2. The number of amides is 1. The molecular formula is C24H25ClN2O. The summed E-state index contributed by atoms with van der Waals surface area (Å²) in [6.07, 6.45) is 7.66. The number of carbonyl (C=O) groups is 1. The van der Waals surface area contributed by atoms with Crippen molar-refractivity contribution in [2.75, 3.05) is 5.32 Å². The van der Waals surface area contributed by atoms with Gasteiger partial charge in [0.2, 0.25) is 5.91 Å². The van der Waals surface area contributed by atoms with Gasteiger partial charge in [0, 0.05) is 10.4 Å². The molecule has 144 valence electrons. The predicted octanol–water partition coefficient (Wildman–Crippen LogP) is 6.33. The minimum Gasteiger partial charge on any atom is -0.324 e. The molecule has 3 aromatic rings. The van der Waals surface area contributed by atoms with Crippen molar-refractivity contribution < 1.29 is 4.79 Å². The van der Waals surface area contributed by atoms with E-state index in [1.807, 2.05) is 49.4 Å². The zero-order valence-corrected chi connectivity index (χ0v) is 16.9.